The molecule has 8 atom stereocenters. The number of nitrogens with zero attached hydrogens (tertiary/aromatic N) is 8. The van der Waals surface area contributed by atoms with Gasteiger partial charge in [-0.25, -0.2) is 0 Å². The highest BCUT2D eigenvalue weighted by atomic mass is 16.3. The summed E-state index contributed by atoms with van der Waals surface area (Å²) >= 11 is 0. The van der Waals surface area contributed by atoms with E-state index >= 15 is 0 Å². The zero-order valence-electron chi connectivity index (χ0n) is 39.6. The van der Waals surface area contributed by atoms with Crippen LogP contribution in [0.15, 0.2) is 84.9 Å². The van der Waals surface area contributed by atoms with E-state index < -0.39 is 11.2 Å². The number of fused-ring (bicyclic) bond motifs is 6. The van der Waals surface area contributed by atoms with Gasteiger partial charge in [-0.15, -0.1) is 0 Å². The Morgan fingerprint density at radius 3 is 1.35 bits per heavy atom. The van der Waals surface area contributed by atoms with Gasteiger partial charge >= 0.3 is 0 Å². The Bertz CT molecular complexity index is 2550. The molecule has 0 bridgehead atoms. The number of nitrogens with two attached hydrogens (primary N) is 2. The highest BCUT2D eigenvalue weighted by Gasteiger charge is 2.44. The molecule has 0 saturated carbocycles. The molecule has 6 aliphatic rings. The number of rotatable bonds is 8. The predicted molar refractivity (Wildman–Crippen MR) is 272 cm³/mol. The van der Waals surface area contributed by atoms with Crippen molar-refractivity contribution in [1.29, 1.82) is 21.3 Å². The molecule has 8 N–H and O–H groups in total. The highest BCUT2D eigenvalue weighted by Crippen LogP contribution is 2.44. The van der Waals surface area contributed by atoms with Crippen LogP contribution in [0.4, 0.5) is 22.7 Å². The molecule has 0 aromatic heterocycles. The molecule has 4 aromatic rings. The van der Waals surface area contributed by atoms with Gasteiger partial charge in [-0.05, 0) is 134 Å². The number of allylic oxidation sites excluding steroid dienone is 2. The Morgan fingerprint density at radius 1 is 0.588 bits per heavy atom. The van der Waals surface area contributed by atoms with Gasteiger partial charge in [0.2, 0.25) is 0 Å². The van der Waals surface area contributed by atoms with Crippen molar-refractivity contribution in [3.8, 4) is 12.1 Å². The molecule has 352 valence electrons. The maximum absolute atomic E-state index is 10.5. The van der Waals surface area contributed by atoms with Crippen LogP contribution >= 0.6 is 0 Å². The van der Waals surface area contributed by atoms with Gasteiger partial charge in [0, 0.05) is 113 Å². The summed E-state index contributed by atoms with van der Waals surface area (Å²) in [7, 11) is 0. The molecule has 4 aromatic carbocycles. The summed E-state index contributed by atoms with van der Waals surface area (Å²) in [5.41, 5.74) is 23.6. The summed E-state index contributed by atoms with van der Waals surface area (Å²) < 4.78 is 0. The highest BCUT2D eigenvalue weighted by molar-refractivity contribution is 5.81. The Labute approximate surface area is 400 Å². The van der Waals surface area contributed by atoms with Gasteiger partial charge < -0.3 is 52.1 Å². The summed E-state index contributed by atoms with van der Waals surface area (Å²) in [4.78, 5) is 14.4. The SMILES string of the molecule is C[C@@H]1CN(c2ccc(C#N)cc2/C=C\C=N)C[C@@H]2c3ccc(N4C[C@@H](N)[C@](C)(O)C4)cc3CN12.C[C@@H]1CN(c2ccc(C#N)cc2/C=C\C=N)C[C@@H]2c3ccc(N4C[C@H](N)[C@@](C)(O)C4)cc3CN12. The second-order valence-corrected chi connectivity index (χ2v) is 20.2. The normalized spacial score (nSPS) is 28.7. The smallest absolute Gasteiger partial charge is 0.0991 e. The minimum Gasteiger partial charge on any atom is -0.387 e. The maximum Gasteiger partial charge on any atom is 0.0991 e. The van der Waals surface area contributed by atoms with Crippen LogP contribution in [0.5, 0.6) is 0 Å². The molecule has 10 rings (SSSR count). The molecule has 14 nitrogen and oxygen atoms in total. The Kier molecular flexibility index (Phi) is 12.8. The third kappa shape index (κ3) is 8.92. The molecule has 0 aliphatic carbocycles. The van der Waals surface area contributed by atoms with Gasteiger partial charge in [-0.3, -0.25) is 9.80 Å². The van der Waals surface area contributed by atoms with Gasteiger partial charge in [0.15, 0.2) is 0 Å². The lowest BCUT2D eigenvalue weighted by molar-refractivity contribution is 0.0670. The second kappa shape index (κ2) is 18.6. The summed E-state index contributed by atoms with van der Waals surface area (Å²) in [6, 6.07) is 30.3. The van der Waals surface area contributed by atoms with Crippen LogP contribution in [-0.4, -0.2) is 120 Å². The van der Waals surface area contributed by atoms with E-state index in [9.17, 15) is 20.7 Å². The molecule has 4 saturated heterocycles. The molecule has 0 radical (unpaired) electrons. The zero-order valence-corrected chi connectivity index (χ0v) is 39.6. The van der Waals surface area contributed by atoms with Gasteiger partial charge in [0.1, 0.15) is 0 Å². The van der Waals surface area contributed by atoms with Crippen LogP contribution in [0.1, 0.15) is 84.3 Å². The lowest BCUT2D eigenvalue weighted by Crippen LogP contribution is -2.51. The number of nitriles is 2. The van der Waals surface area contributed by atoms with Gasteiger partial charge in [-0.1, -0.05) is 24.3 Å². The molecule has 68 heavy (non-hydrogen) atoms. The van der Waals surface area contributed by atoms with Crippen LogP contribution < -0.4 is 31.1 Å². The number of hydrogen-bond donors (Lipinski definition) is 6. The van der Waals surface area contributed by atoms with Crippen molar-refractivity contribution in [3.05, 3.63) is 129 Å². The Balaban J connectivity index is 0.000000170. The van der Waals surface area contributed by atoms with Crippen molar-refractivity contribution in [2.45, 2.75) is 88.2 Å². The summed E-state index contributed by atoms with van der Waals surface area (Å²) in [6.07, 6.45) is 9.75. The van der Waals surface area contributed by atoms with Crippen molar-refractivity contribution in [2.24, 2.45) is 11.5 Å². The third-order valence-corrected chi connectivity index (χ3v) is 15.3. The van der Waals surface area contributed by atoms with Crippen molar-refractivity contribution < 1.29 is 10.2 Å². The first-order chi connectivity index (χ1) is 32.6. The van der Waals surface area contributed by atoms with Crippen molar-refractivity contribution in [2.75, 3.05) is 72.0 Å². The Morgan fingerprint density at radius 2 is 1.00 bits per heavy atom. The lowest BCUT2D eigenvalue weighted by atomic mass is 9.99. The average Bonchev–Trinajstić information content (AvgIpc) is 4.05. The van der Waals surface area contributed by atoms with E-state index in [1.54, 1.807) is 12.2 Å². The van der Waals surface area contributed by atoms with Crippen LogP contribution in [0, 0.1) is 33.5 Å². The molecule has 4 fully saturated rings. The number of aliphatic hydroxyl groups is 2. The topological polar surface area (TPSA) is 207 Å². The zero-order chi connectivity index (χ0) is 48.1. The van der Waals surface area contributed by atoms with Crippen molar-refractivity contribution >= 4 is 47.3 Å². The Hall–Kier alpha value is -6.36. The number of hydrogen-bond acceptors (Lipinski definition) is 14. The fourth-order valence-corrected chi connectivity index (χ4v) is 11.4. The van der Waals surface area contributed by atoms with Crippen molar-refractivity contribution in [1.82, 2.24) is 9.80 Å². The van der Waals surface area contributed by atoms with E-state index in [0.29, 0.717) is 61.5 Å². The minimum atomic E-state index is -0.865. The summed E-state index contributed by atoms with van der Waals surface area (Å²) in [6.45, 7) is 16.0. The van der Waals surface area contributed by atoms with E-state index in [1.807, 2.05) is 62.4 Å². The van der Waals surface area contributed by atoms with Crippen LogP contribution in [0.25, 0.3) is 12.2 Å². The fourth-order valence-electron chi connectivity index (χ4n) is 11.4. The van der Waals surface area contributed by atoms with Crippen LogP contribution in [-0.2, 0) is 13.1 Å². The first-order valence-corrected chi connectivity index (χ1v) is 23.8. The first-order valence-electron chi connectivity index (χ1n) is 23.8. The summed E-state index contributed by atoms with van der Waals surface area (Å²) in [5, 5.41) is 54.5. The van der Waals surface area contributed by atoms with Crippen molar-refractivity contribution in [3.63, 3.8) is 0 Å². The number of anilines is 4. The number of nitrogens with one attached hydrogen (secondary N) is 2. The molecule has 0 unspecified atom stereocenters. The minimum absolute atomic E-state index is 0.246. The molecular weight excluding hydrogens is 849 g/mol. The fraction of sp³-hybridized carbons (Fsp3) is 0.407. The average molecular weight is 913 g/mol. The molecule has 0 spiro atoms. The third-order valence-electron chi connectivity index (χ3n) is 15.3. The predicted octanol–water partition coefficient (Wildman–Crippen LogP) is 5.77. The summed E-state index contributed by atoms with van der Waals surface area (Å²) in [5.74, 6) is 0. The standard InChI is InChI=1S/2C27H32N6O/c2*1-18-13-31(24-8-5-19(12-29)10-20(24)4-3-9-28)15-25-23-7-6-22(11-21(23)14-33(18)25)32-16-26(30)27(2,34)17-32/h2*3-11,18,25-26,28,34H,13-17,30H2,1-2H3/b2*4-3-,28-9?/t18-,25-,26+,27+;18-,25-,26-,27-/m11/s1. The van der Waals surface area contributed by atoms with Gasteiger partial charge in [-0.2, -0.15) is 10.5 Å². The molecule has 14 heteroatoms. The van der Waals surface area contributed by atoms with E-state index in [0.717, 1.165) is 73.1 Å². The maximum atomic E-state index is 10.5. The van der Waals surface area contributed by atoms with Gasteiger partial charge in [0.25, 0.3) is 0 Å². The van der Waals surface area contributed by atoms with Gasteiger partial charge in [0.05, 0.1) is 58.6 Å². The number of benzene rings is 4. The first kappa shape index (κ1) is 46.7. The van der Waals surface area contributed by atoms with E-state index in [4.69, 9.17) is 22.3 Å². The molecule has 6 aliphatic heterocycles. The van der Waals surface area contributed by atoms with E-state index in [-0.39, 0.29) is 12.1 Å². The van der Waals surface area contributed by atoms with Crippen LogP contribution in [0.2, 0.25) is 0 Å². The number of β-amino-alcohol motifs (C(OH)–C–C–N with tert-alkyl or cyclic N) is 2. The molecule has 0 amide bonds. The quantitative estimate of drug-likeness (QED) is 0.117. The largest absolute Gasteiger partial charge is 0.387 e. The number of piperazine rings is 2. The molecule has 6 heterocycles. The van der Waals surface area contributed by atoms with Crippen LogP contribution in [0.3, 0.4) is 0 Å². The molecular formula is C54H64N12O2. The lowest BCUT2D eigenvalue weighted by Gasteiger charge is -2.44. The monoisotopic (exact) mass is 913 g/mol. The van der Waals surface area contributed by atoms with E-state index in [1.165, 1.54) is 34.7 Å². The second-order valence-electron chi connectivity index (χ2n) is 20.2. The van der Waals surface area contributed by atoms with E-state index in [2.05, 4.69) is 91.8 Å².